The van der Waals surface area contributed by atoms with Gasteiger partial charge in [0.15, 0.2) is 0 Å². The molecule has 0 radical (unpaired) electrons. The third-order valence-electron chi connectivity index (χ3n) is 2.08. The average molecular weight is 243 g/mol. The summed E-state index contributed by atoms with van der Waals surface area (Å²) in [6, 6.07) is 1.78. The van der Waals surface area contributed by atoms with Crippen LogP contribution in [0.3, 0.4) is 0 Å². The molecule has 1 aliphatic carbocycles. The van der Waals surface area contributed by atoms with Gasteiger partial charge in [-0.05, 0) is 28.3 Å². The molecule has 0 bridgehead atoms. The van der Waals surface area contributed by atoms with Crippen LogP contribution in [0, 0.1) is 5.92 Å². The first-order valence-corrected chi connectivity index (χ1v) is 5.24. The Morgan fingerprint density at radius 3 is 3.00 bits per heavy atom. The molecule has 0 atom stereocenters. The van der Waals surface area contributed by atoms with Crippen LogP contribution in [0.5, 0.6) is 5.88 Å². The molecule has 2 rings (SSSR count). The summed E-state index contributed by atoms with van der Waals surface area (Å²) in [5.74, 6) is 1.56. The Kier molecular flexibility index (Phi) is 2.78. The predicted molar refractivity (Wildman–Crippen MR) is 52.6 cm³/mol. The molecule has 0 aliphatic heterocycles. The van der Waals surface area contributed by atoms with Crippen LogP contribution in [0.15, 0.2) is 17.0 Å². The fourth-order valence-corrected chi connectivity index (χ4v) is 1.42. The maximum Gasteiger partial charge on any atom is 0.217 e. The summed E-state index contributed by atoms with van der Waals surface area (Å²) in [5.41, 5.74) is 0. The lowest BCUT2D eigenvalue weighted by molar-refractivity contribution is 0.290. The van der Waals surface area contributed by atoms with Crippen LogP contribution in [0.25, 0.3) is 0 Å². The van der Waals surface area contributed by atoms with Crippen LogP contribution >= 0.6 is 15.9 Å². The number of hydrogen-bond acceptors (Lipinski definition) is 3. The van der Waals surface area contributed by atoms with E-state index in [1.54, 1.807) is 6.07 Å². The smallest absolute Gasteiger partial charge is 0.217 e. The van der Waals surface area contributed by atoms with Crippen molar-refractivity contribution in [3.8, 4) is 5.88 Å². The largest absolute Gasteiger partial charge is 0.478 e. The molecule has 1 heterocycles. The summed E-state index contributed by atoms with van der Waals surface area (Å²) < 4.78 is 6.22. The summed E-state index contributed by atoms with van der Waals surface area (Å²) in [6.07, 6.45) is 5.39. The molecule has 3 nitrogen and oxygen atoms in total. The minimum atomic E-state index is 0.655. The summed E-state index contributed by atoms with van der Waals surface area (Å²) in [4.78, 5) is 7.91. The fraction of sp³-hybridized carbons (Fsp3) is 0.556. The monoisotopic (exact) mass is 242 g/mol. The normalized spacial score (nSPS) is 15.8. The number of aromatic nitrogens is 2. The molecule has 1 fully saturated rings. The second kappa shape index (κ2) is 4.05. The van der Waals surface area contributed by atoms with Crippen LogP contribution in [0.4, 0.5) is 0 Å². The molecule has 1 aliphatic rings. The quantitative estimate of drug-likeness (QED) is 0.761. The number of hydrogen-bond donors (Lipinski definition) is 0. The Balaban J connectivity index is 1.79. The van der Waals surface area contributed by atoms with Crippen LogP contribution < -0.4 is 4.74 Å². The lowest BCUT2D eigenvalue weighted by Gasteiger charge is -2.03. The zero-order valence-corrected chi connectivity index (χ0v) is 8.83. The fourth-order valence-electron chi connectivity index (χ4n) is 1.13. The molecular weight excluding hydrogens is 232 g/mol. The van der Waals surface area contributed by atoms with Gasteiger partial charge in [0, 0.05) is 6.07 Å². The van der Waals surface area contributed by atoms with Gasteiger partial charge in [-0.3, -0.25) is 0 Å². The minimum absolute atomic E-state index is 0.655. The lowest BCUT2D eigenvalue weighted by Crippen LogP contribution is -2.00. The van der Waals surface area contributed by atoms with E-state index in [0.717, 1.165) is 23.5 Å². The van der Waals surface area contributed by atoms with E-state index in [1.165, 1.54) is 19.2 Å². The molecule has 1 saturated carbocycles. The highest BCUT2D eigenvalue weighted by atomic mass is 79.9. The van der Waals surface area contributed by atoms with Gasteiger partial charge >= 0.3 is 0 Å². The molecule has 0 aromatic carbocycles. The van der Waals surface area contributed by atoms with Gasteiger partial charge in [0.05, 0.1) is 6.61 Å². The highest BCUT2D eigenvalue weighted by molar-refractivity contribution is 9.10. The predicted octanol–water partition coefficient (Wildman–Crippen LogP) is 2.42. The zero-order chi connectivity index (χ0) is 9.10. The van der Waals surface area contributed by atoms with Gasteiger partial charge in [-0.15, -0.1) is 0 Å². The first kappa shape index (κ1) is 8.94. The number of halogens is 1. The van der Waals surface area contributed by atoms with E-state index in [0.29, 0.717) is 5.88 Å². The van der Waals surface area contributed by atoms with Gasteiger partial charge in [-0.25, -0.2) is 9.97 Å². The number of rotatable bonds is 4. The molecule has 0 amide bonds. The topological polar surface area (TPSA) is 35.0 Å². The molecule has 13 heavy (non-hydrogen) atoms. The third kappa shape index (κ3) is 2.95. The van der Waals surface area contributed by atoms with Crippen LogP contribution in [0.2, 0.25) is 0 Å². The van der Waals surface area contributed by atoms with E-state index in [9.17, 15) is 0 Å². The molecule has 0 saturated heterocycles. The van der Waals surface area contributed by atoms with Crippen molar-refractivity contribution in [3.05, 3.63) is 17.0 Å². The highest BCUT2D eigenvalue weighted by Crippen LogP contribution is 2.32. The van der Waals surface area contributed by atoms with Crippen LogP contribution in [-0.2, 0) is 0 Å². The summed E-state index contributed by atoms with van der Waals surface area (Å²) in [6.45, 7) is 0.772. The standard InChI is InChI=1S/C9H11BrN2O/c10-8-5-9(12-6-11-8)13-4-3-7-1-2-7/h5-7H,1-4H2. The van der Waals surface area contributed by atoms with Crippen molar-refractivity contribution in [3.63, 3.8) is 0 Å². The lowest BCUT2D eigenvalue weighted by atomic mass is 10.3. The van der Waals surface area contributed by atoms with E-state index < -0.39 is 0 Å². The zero-order valence-electron chi connectivity index (χ0n) is 7.24. The second-order valence-electron chi connectivity index (χ2n) is 3.26. The Morgan fingerprint density at radius 1 is 1.46 bits per heavy atom. The molecule has 0 unspecified atom stereocenters. The average Bonchev–Trinajstić information content (AvgIpc) is 2.88. The third-order valence-corrected chi connectivity index (χ3v) is 2.52. The summed E-state index contributed by atoms with van der Waals surface area (Å²) >= 11 is 3.26. The van der Waals surface area contributed by atoms with Gasteiger partial charge in [0.2, 0.25) is 5.88 Å². The molecule has 70 valence electrons. The van der Waals surface area contributed by atoms with Gasteiger partial charge < -0.3 is 4.74 Å². The SMILES string of the molecule is Brc1cc(OCCC2CC2)ncn1. The van der Waals surface area contributed by atoms with Crippen molar-refractivity contribution < 1.29 is 4.74 Å². The van der Waals surface area contributed by atoms with Crippen molar-refractivity contribution in [1.82, 2.24) is 9.97 Å². The Hall–Kier alpha value is -0.640. The Bertz CT molecular complexity index is 289. The number of ether oxygens (including phenoxy) is 1. The van der Waals surface area contributed by atoms with E-state index >= 15 is 0 Å². The first-order valence-electron chi connectivity index (χ1n) is 4.45. The van der Waals surface area contributed by atoms with Crippen molar-refractivity contribution >= 4 is 15.9 Å². The first-order chi connectivity index (χ1) is 6.34. The van der Waals surface area contributed by atoms with Gasteiger partial charge in [0.1, 0.15) is 10.9 Å². The van der Waals surface area contributed by atoms with Crippen molar-refractivity contribution in [1.29, 1.82) is 0 Å². The molecule has 4 heteroatoms. The van der Waals surface area contributed by atoms with E-state index in [-0.39, 0.29) is 0 Å². The molecular formula is C9H11BrN2O. The van der Waals surface area contributed by atoms with Crippen molar-refractivity contribution in [2.24, 2.45) is 5.92 Å². The van der Waals surface area contributed by atoms with Gasteiger partial charge in [0.25, 0.3) is 0 Å². The van der Waals surface area contributed by atoms with Gasteiger partial charge in [-0.1, -0.05) is 12.8 Å². The van der Waals surface area contributed by atoms with E-state index in [1.807, 2.05) is 0 Å². The maximum absolute atomic E-state index is 5.46. The van der Waals surface area contributed by atoms with E-state index in [2.05, 4.69) is 25.9 Å². The minimum Gasteiger partial charge on any atom is -0.478 e. The molecule has 1 aromatic heterocycles. The van der Waals surface area contributed by atoms with Gasteiger partial charge in [-0.2, -0.15) is 0 Å². The number of nitrogens with zero attached hydrogens (tertiary/aromatic N) is 2. The Labute approximate surface area is 85.7 Å². The highest BCUT2D eigenvalue weighted by Gasteiger charge is 2.20. The van der Waals surface area contributed by atoms with Crippen LogP contribution in [-0.4, -0.2) is 16.6 Å². The second-order valence-corrected chi connectivity index (χ2v) is 4.07. The molecule has 0 N–H and O–H groups in total. The Morgan fingerprint density at radius 2 is 2.31 bits per heavy atom. The van der Waals surface area contributed by atoms with E-state index in [4.69, 9.17) is 4.74 Å². The van der Waals surface area contributed by atoms with Crippen LogP contribution in [0.1, 0.15) is 19.3 Å². The summed E-state index contributed by atoms with van der Waals surface area (Å²) in [5, 5.41) is 0. The molecule has 1 aromatic rings. The molecule has 0 spiro atoms. The van der Waals surface area contributed by atoms with Crippen molar-refractivity contribution in [2.75, 3.05) is 6.61 Å². The summed E-state index contributed by atoms with van der Waals surface area (Å²) in [7, 11) is 0. The maximum atomic E-state index is 5.46. The van der Waals surface area contributed by atoms with Crippen molar-refractivity contribution in [2.45, 2.75) is 19.3 Å².